The molecule has 0 aliphatic heterocycles. The summed E-state index contributed by atoms with van der Waals surface area (Å²) in [6.45, 7) is 4.05. The minimum absolute atomic E-state index is 0.165. The lowest BCUT2D eigenvalue weighted by molar-refractivity contribution is 0.0601. The fourth-order valence-electron chi connectivity index (χ4n) is 3.29. The number of nitrogens with zero attached hydrogens (tertiary/aromatic N) is 1. The fourth-order valence-corrected chi connectivity index (χ4v) is 3.29. The summed E-state index contributed by atoms with van der Waals surface area (Å²) in [6.07, 6.45) is 0. The number of methoxy groups -OCH3 is 3. The van der Waals surface area contributed by atoms with E-state index in [0.29, 0.717) is 17.1 Å². The van der Waals surface area contributed by atoms with Crippen LogP contribution in [0.4, 0.5) is 5.69 Å². The first kappa shape index (κ1) is 21.0. The Balaban J connectivity index is 1.91. The highest BCUT2D eigenvalue weighted by Gasteiger charge is 2.19. The Kier molecular flexibility index (Phi) is 6.11. The van der Waals surface area contributed by atoms with Crippen molar-refractivity contribution in [1.82, 2.24) is 4.57 Å². The van der Waals surface area contributed by atoms with Crippen molar-refractivity contribution in [1.29, 1.82) is 0 Å². The Morgan fingerprint density at radius 3 is 1.93 bits per heavy atom. The lowest BCUT2D eigenvalue weighted by atomic mass is 10.1. The number of ether oxygens (including phenoxy) is 3. The van der Waals surface area contributed by atoms with Crippen molar-refractivity contribution >= 4 is 17.6 Å². The molecule has 0 radical (unpaired) electrons. The second-order valence-corrected chi connectivity index (χ2v) is 6.70. The number of hydrogen-bond acceptors (Lipinski definition) is 5. The Morgan fingerprint density at radius 2 is 1.40 bits per heavy atom. The molecule has 0 saturated carbocycles. The van der Waals surface area contributed by atoms with Crippen LogP contribution < -0.4 is 14.8 Å². The molecule has 0 aliphatic carbocycles. The van der Waals surface area contributed by atoms with Gasteiger partial charge in [-0.3, -0.25) is 4.79 Å². The van der Waals surface area contributed by atoms with Crippen LogP contribution in [-0.4, -0.2) is 37.8 Å². The van der Waals surface area contributed by atoms with Crippen molar-refractivity contribution in [3.63, 3.8) is 0 Å². The Labute approximate surface area is 175 Å². The molecule has 0 bridgehead atoms. The summed E-state index contributed by atoms with van der Waals surface area (Å²) in [4.78, 5) is 25.0. The van der Waals surface area contributed by atoms with Crippen molar-refractivity contribution in [2.24, 2.45) is 0 Å². The predicted octanol–water partition coefficient (Wildman–Crippen LogP) is 4.15. The molecule has 1 aromatic heterocycles. The molecule has 30 heavy (non-hydrogen) atoms. The van der Waals surface area contributed by atoms with Crippen LogP contribution in [0.3, 0.4) is 0 Å². The molecule has 0 saturated heterocycles. The maximum absolute atomic E-state index is 12.8. The van der Waals surface area contributed by atoms with Gasteiger partial charge in [-0.15, -0.1) is 0 Å². The van der Waals surface area contributed by atoms with Crippen LogP contribution in [0.5, 0.6) is 11.5 Å². The van der Waals surface area contributed by atoms with Gasteiger partial charge >= 0.3 is 5.97 Å². The largest absolute Gasteiger partial charge is 0.493 e. The van der Waals surface area contributed by atoms with E-state index in [1.807, 2.05) is 38.1 Å². The van der Waals surface area contributed by atoms with Gasteiger partial charge in [0, 0.05) is 34.8 Å². The van der Waals surface area contributed by atoms with Crippen LogP contribution >= 0.6 is 0 Å². The van der Waals surface area contributed by atoms with Gasteiger partial charge < -0.3 is 24.1 Å². The first-order valence-electron chi connectivity index (χ1n) is 9.30. The van der Waals surface area contributed by atoms with Crippen molar-refractivity contribution < 1.29 is 23.8 Å². The molecule has 1 amide bonds. The monoisotopic (exact) mass is 408 g/mol. The summed E-state index contributed by atoms with van der Waals surface area (Å²) >= 11 is 0. The summed E-state index contributed by atoms with van der Waals surface area (Å²) in [5.41, 5.74) is 4.07. The lowest BCUT2D eigenvalue weighted by Crippen LogP contribution is -2.16. The van der Waals surface area contributed by atoms with Gasteiger partial charge in [0.25, 0.3) is 5.91 Å². The third-order valence-electron chi connectivity index (χ3n) is 4.84. The number of amides is 1. The van der Waals surface area contributed by atoms with Crippen LogP contribution in [-0.2, 0) is 4.74 Å². The fraction of sp³-hybridized carbons (Fsp3) is 0.217. The zero-order valence-corrected chi connectivity index (χ0v) is 17.6. The molecule has 0 atom stereocenters. The molecular weight excluding hydrogens is 384 g/mol. The quantitative estimate of drug-likeness (QED) is 0.620. The second-order valence-electron chi connectivity index (χ2n) is 6.70. The van der Waals surface area contributed by atoms with E-state index < -0.39 is 5.97 Å². The van der Waals surface area contributed by atoms with Gasteiger partial charge in [-0.25, -0.2) is 4.79 Å². The van der Waals surface area contributed by atoms with Crippen molar-refractivity contribution in [3.05, 3.63) is 71.0 Å². The average Bonchev–Trinajstić information content (AvgIpc) is 3.10. The maximum atomic E-state index is 12.8. The Bertz CT molecular complexity index is 1060. The van der Waals surface area contributed by atoms with Gasteiger partial charge in [0.05, 0.1) is 32.6 Å². The third kappa shape index (κ3) is 4.00. The van der Waals surface area contributed by atoms with Gasteiger partial charge in [-0.2, -0.15) is 0 Å². The van der Waals surface area contributed by atoms with Crippen LogP contribution in [0.1, 0.15) is 32.1 Å². The lowest BCUT2D eigenvalue weighted by Gasteiger charge is -2.15. The van der Waals surface area contributed by atoms with Gasteiger partial charge in [-0.1, -0.05) is 0 Å². The SMILES string of the molecule is COC(=O)c1cc(OC)c(OC)cc1NC(=O)c1ccc(-n2c(C)ccc2C)cc1. The Morgan fingerprint density at radius 1 is 0.833 bits per heavy atom. The third-order valence-corrected chi connectivity index (χ3v) is 4.84. The van der Waals surface area contributed by atoms with Gasteiger partial charge in [0.2, 0.25) is 0 Å². The summed E-state index contributed by atoms with van der Waals surface area (Å²) < 4.78 is 17.4. The van der Waals surface area contributed by atoms with Crippen molar-refractivity contribution in [2.45, 2.75) is 13.8 Å². The molecule has 156 valence electrons. The first-order chi connectivity index (χ1) is 14.4. The molecule has 2 aromatic carbocycles. The molecular formula is C23H24N2O5. The molecule has 3 aromatic rings. The van der Waals surface area contributed by atoms with Crippen molar-refractivity contribution in [3.8, 4) is 17.2 Å². The van der Waals surface area contributed by atoms with Crippen LogP contribution in [0.15, 0.2) is 48.5 Å². The molecule has 1 N–H and O–H groups in total. The number of carbonyl (C=O) groups is 2. The molecule has 0 unspecified atom stereocenters. The number of aromatic nitrogens is 1. The molecule has 1 heterocycles. The highest BCUT2D eigenvalue weighted by molar-refractivity contribution is 6.08. The smallest absolute Gasteiger partial charge is 0.340 e. The second kappa shape index (κ2) is 8.73. The number of esters is 1. The molecule has 0 aliphatic rings. The number of hydrogen-bond donors (Lipinski definition) is 1. The highest BCUT2D eigenvalue weighted by atomic mass is 16.5. The summed E-state index contributed by atoms with van der Waals surface area (Å²) in [5, 5.41) is 2.76. The van der Waals surface area contributed by atoms with Crippen molar-refractivity contribution in [2.75, 3.05) is 26.6 Å². The van der Waals surface area contributed by atoms with E-state index in [-0.39, 0.29) is 17.2 Å². The van der Waals surface area contributed by atoms with Gasteiger partial charge in [0.1, 0.15) is 0 Å². The summed E-state index contributed by atoms with van der Waals surface area (Å²) in [5.74, 6) is -0.216. The number of anilines is 1. The van der Waals surface area contributed by atoms with E-state index in [9.17, 15) is 9.59 Å². The van der Waals surface area contributed by atoms with Crippen LogP contribution in [0.2, 0.25) is 0 Å². The standard InChI is InChI=1S/C23H24N2O5/c1-14-6-7-15(2)25(14)17-10-8-16(9-11-17)22(26)24-19-13-21(29-4)20(28-3)12-18(19)23(27)30-5/h6-13H,1-5H3,(H,24,26). The first-order valence-corrected chi connectivity index (χ1v) is 9.30. The van der Waals surface area contributed by atoms with Gasteiger partial charge in [-0.05, 0) is 50.2 Å². The molecule has 3 rings (SSSR count). The van der Waals surface area contributed by atoms with Gasteiger partial charge in [0.15, 0.2) is 11.5 Å². The average molecular weight is 408 g/mol. The minimum atomic E-state index is -0.597. The van der Waals surface area contributed by atoms with E-state index in [1.165, 1.54) is 33.5 Å². The normalized spacial score (nSPS) is 10.4. The van der Waals surface area contributed by atoms with Crippen LogP contribution in [0.25, 0.3) is 5.69 Å². The number of carbonyl (C=O) groups excluding carboxylic acids is 2. The highest BCUT2D eigenvalue weighted by Crippen LogP contribution is 2.34. The summed E-state index contributed by atoms with van der Waals surface area (Å²) in [7, 11) is 4.21. The predicted molar refractivity (Wildman–Crippen MR) is 114 cm³/mol. The van der Waals surface area contributed by atoms with E-state index >= 15 is 0 Å². The van der Waals surface area contributed by atoms with E-state index in [2.05, 4.69) is 9.88 Å². The molecule has 7 heteroatoms. The van der Waals surface area contributed by atoms with E-state index in [0.717, 1.165) is 17.1 Å². The minimum Gasteiger partial charge on any atom is -0.493 e. The van der Waals surface area contributed by atoms with E-state index in [4.69, 9.17) is 14.2 Å². The molecule has 7 nitrogen and oxygen atoms in total. The Hall–Kier alpha value is -3.74. The topological polar surface area (TPSA) is 78.8 Å². The number of rotatable bonds is 6. The zero-order chi connectivity index (χ0) is 21.8. The number of benzene rings is 2. The maximum Gasteiger partial charge on any atom is 0.340 e. The summed E-state index contributed by atoms with van der Waals surface area (Å²) in [6, 6.07) is 14.3. The number of aryl methyl sites for hydroxylation is 2. The zero-order valence-electron chi connectivity index (χ0n) is 17.6. The molecule has 0 fully saturated rings. The number of nitrogens with one attached hydrogen (secondary N) is 1. The van der Waals surface area contributed by atoms with E-state index in [1.54, 1.807) is 12.1 Å². The van der Waals surface area contributed by atoms with Crippen LogP contribution in [0, 0.1) is 13.8 Å². The molecule has 0 spiro atoms.